The number of likely N-dealkylation sites (N-methyl/N-ethyl adjacent to an activating group) is 1. The molecule has 0 radical (unpaired) electrons. The van der Waals surface area contributed by atoms with Gasteiger partial charge in [-0.2, -0.15) is 0 Å². The third-order valence-corrected chi connectivity index (χ3v) is 4.73. The minimum absolute atomic E-state index is 0.238. The van der Waals surface area contributed by atoms with E-state index in [1.165, 1.54) is 0 Å². The highest BCUT2D eigenvalue weighted by Crippen LogP contribution is 2.12. The zero-order chi connectivity index (χ0) is 19.3. The Morgan fingerprint density at radius 2 is 1.93 bits per heavy atom. The molecule has 9 nitrogen and oxygen atoms in total. The molecule has 0 atom stereocenters. The molecule has 1 aliphatic heterocycles. The van der Waals surface area contributed by atoms with E-state index in [1.54, 1.807) is 16.9 Å². The first-order chi connectivity index (χ1) is 13.7. The summed E-state index contributed by atoms with van der Waals surface area (Å²) in [6.07, 6.45) is 1.69. The number of rotatable bonds is 6. The zero-order valence-electron chi connectivity index (χ0n) is 15.8. The maximum absolute atomic E-state index is 12.4. The van der Waals surface area contributed by atoms with Crippen molar-refractivity contribution in [1.29, 1.82) is 0 Å². The van der Waals surface area contributed by atoms with Crippen molar-refractivity contribution in [2.75, 3.05) is 38.5 Å². The van der Waals surface area contributed by atoms with Crippen LogP contribution < -0.4 is 5.32 Å². The van der Waals surface area contributed by atoms with Crippen LogP contribution in [0.2, 0.25) is 0 Å². The molecule has 0 spiro atoms. The highest BCUT2D eigenvalue weighted by atomic mass is 16.5. The number of hydrogen-bond donors (Lipinski definition) is 1. The number of hydrogen-bond acceptors (Lipinski definition) is 7. The SMILES string of the molecule is CN1CCN(Cc2cc(C(=O)Nc3cn(Cc4ccccc4)nn3)no2)CC1. The Labute approximate surface area is 162 Å². The van der Waals surface area contributed by atoms with Gasteiger partial charge in [0.25, 0.3) is 5.91 Å². The van der Waals surface area contributed by atoms with Crippen LogP contribution in [0, 0.1) is 0 Å². The van der Waals surface area contributed by atoms with E-state index in [1.807, 2.05) is 30.3 Å². The lowest BCUT2D eigenvalue weighted by molar-refractivity contribution is 0.101. The molecule has 1 aromatic carbocycles. The van der Waals surface area contributed by atoms with Gasteiger partial charge in [-0.15, -0.1) is 5.10 Å². The van der Waals surface area contributed by atoms with Crippen LogP contribution in [0.3, 0.4) is 0 Å². The molecule has 1 N–H and O–H groups in total. The van der Waals surface area contributed by atoms with Crippen molar-refractivity contribution in [1.82, 2.24) is 30.0 Å². The van der Waals surface area contributed by atoms with Crippen LogP contribution in [0.1, 0.15) is 21.8 Å². The molecule has 0 bridgehead atoms. The average molecular weight is 381 g/mol. The third-order valence-electron chi connectivity index (χ3n) is 4.73. The Morgan fingerprint density at radius 3 is 2.71 bits per heavy atom. The Morgan fingerprint density at radius 1 is 1.14 bits per heavy atom. The quantitative estimate of drug-likeness (QED) is 0.688. The molecule has 3 heterocycles. The van der Waals surface area contributed by atoms with Gasteiger partial charge in [0.15, 0.2) is 17.3 Å². The van der Waals surface area contributed by atoms with Crippen LogP contribution in [0.5, 0.6) is 0 Å². The van der Waals surface area contributed by atoms with Gasteiger partial charge in [0.05, 0.1) is 19.3 Å². The van der Waals surface area contributed by atoms with Crippen molar-refractivity contribution in [2.45, 2.75) is 13.1 Å². The van der Waals surface area contributed by atoms with Gasteiger partial charge < -0.3 is 14.7 Å². The number of amides is 1. The van der Waals surface area contributed by atoms with E-state index in [-0.39, 0.29) is 11.6 Å². The maximum atomic E-state index is 12.4. The Hall–Kier alpha value is -3.04. The number of anilines is 1. The van der Waals surface area contributed by atoms with E-state index in [0.717, 1.165) is 31.7 Å². The molecule has 1 aliphatic rings. The topological polar surface area (TPSA) is 92.3 Å². The largest absolute Gasteiger partial charge is 0.359 e. The van der Waals surface area contributed by atoms with Crippen molar-refractivity contribution in [3.8, 4) is 0 Å². The van der Waals surface area contributed by atoms with E-state index in [4.69, 9.17) is 4.52 Å². The highest BCUT2D eigenvalue weighted by molar-refractivity contribution is 6.02. The van der Waals surface area contributed by atoms with Crippen LogP contribution in [-0.4, -0.2) is 69.1 Å². The molecule has 1 amide bonds. The van der Waals surface area contributed by atoms with E-state index in [2.05, 4.69) is 37.6 Å². The summed E-state index contributed by atoms with van der Waals surface area (Å²) in [5.74, 6) is 0.701. The minimum atomic E-state index is -0.361. The summed E-state index contributed by atoms with van der Waals surface area (Å²) >= 11 is 0. The number of benzene rings is 1. The third kappa shape index (κ3) is 4.62. The highest BCUT2D eigenvalue weighted by Gasteiger charge is 2.18. The standard InChI is InChI=1S/C19H23N7O2/c1-24-7-9-25(10-8-24)13-16-11-17(22-28-16)19(27)20-18-14-26(23-21-18)12-15-5-3-2-4-6-15/h2-6,11,14H,7-10,12-13H2,1H3,(H,20,27). The first-order valence-corrected chi connectivity index (χ1v) is 9.27. The van der Waals surface area contributed by atoms with Gasteiger partial charge in [0.1, 0.15) is 0 Å². The normalized spacial score (nSPS) is 15.6. The van der Waals surface area contributed by atoms with Gasteiger partial charge in [0, 0.05) is 32.2 Å². The number of carbonyl (C=O) groups excluding carboxylic acids is 1. The van der Waals surface area contributed by atoms with E-state index >= 15 is 0 Å². The Bertz CT molecular complexity index is 913. The fraction of sp³-hybridized carbons (Fsp3) is 0.368. The molecule has 1 fully saturated rings. The fourth-order valence-electron chi connectivity index (χ4n) is 3.10. The molecular weight excluding hydrogens is 358 g/mol. The van der Waals surface area contributed by atoms with Crippen molar-refractivity contribution in [3.05, 3.63) is 59.6 Å². The van der Waals surface area contributed by atoms with Gasteiger partial charge in [-0.1, -0.05) is 40.7 Å². The molecule has 4 rings (SSSR count). The number of aromatic nitrogens is 4. The average Bonchev–Trinajstić information content (AvgIpc) is 3.34. The summed E-state index contributed by atoms with van der Waals surface area (Å²) in [6.45, 7) is 5.25. The van der Waals surface area contributed by atoms with Gasteiger partial charge in [-0.25, -0.2) is 4.68 Å². The van der Waals surface area contributed by atoms with E-state index in [0.29, 0.717) is 24.7 Å². The van der Waals surface area contributed by atoms with Crippen LogP contribution >= 0.6 is 0 Å². The van der Waals surface area contributed by atoms with Gasteiger partial charge in [-0.3, -0.25) is 9.69 Å². The molecule has 0 saturated carbocycles. The molecule has 28 heavy (non-hydrogen) atoms. The summed E-state index contributed by atoms with van der Waals surface area (Å²) in [6, 6.07) is 11.6. The predicted octanol–water partition coefficient (Wildman–Crippen LogP) is 1.31. The van der Waals surface area contributed by atoms with Crippen molar-refractivity contribution < 1.29 is 9.32 Å². The molecule has 0 aliphatic carbocycles. The second-order valence-corrected chi connectivity index (χ2v) is 7.00. The summed E-state index contributed by atoms with van der Waals surface area (Å²) in [5.41, 5.74) is 1.34. The molecule has 0 unspecified atom stereocenters. The monoisotopic (exact) mass is 381 g/mol. The molecule has 1 saturated heterocycles. The van der Waals surface area contributed by atoms with E-state index < -0.39 is 0 Å². The molecule has 146 valence electrons. The van der Waals surface area contributed by atoms with Crippen molar-refractivity contribution in [3.63, 3.8) is 0 Å². The Kier molecular flexibility index (Phi) is 5.45. The summed E-state index contributed by atoms with van der Waals surface area (Å²) < 4.78 is 7.00. The van der Waals surface area contributed by atoms with Crippen LogP contribution in [0.25, 0.3) is 0 Å². The van der Waals surface area contributed by atoms with E-state index in [9.17, 15) is 4.79 Å². The van der Waals surface area contributed by atoms with Gasteiger partial charge >= 0.3 is 0 Å². The summed E-state index contributed by atoms with van der Waals surface area (Å²) in [5, 5.41) is 14.6. The number of carbonyl (C=O) groups is 1. The fourth-order valence-corrected chi connectivity index (χ4v) is 3.10. The lowest BCUT2D eigenvalue weighted by atomic mass is 10.2. The van der Waals surface area contributed by atoms with Crippen LogP contribution in [0.4, 0.5) is 5.82 Å². The second kappa shape index (κ2) is 8.32. The maximum Gasteiger partial charge on any atom is 0.279 e. The first kappa shape index (κ1) is 18.3. The lowest BCUT2D eigenvalue weighted by Crippen LogP contribution is -2.43. The first-order valence-electron chi connectivity index (χ1n) is 9.27. The lowest BCUT2D eigenvalue weighted by Gasteiger charge is -2.31. The number of nitrogens with zero attached hydrogens (tertiary/aromatic N) is 6. The molecule has 3 aromatic rings. The van der Waals surface area contributed by atoms with Gasteiger partial charge in [-0.05, 0) is 12.6 Å². The van der Waals surface area contributed by atoms with Crippen LogP contribution in [0.15, 0.2) is 47.1 Å². The van der Waals surface area contributed by atoms with Crippen molar-refractivity contribution >= 4 is 11.7 Å². The predicted molar refractivity (Wildman–Crippen MR) is 103 cm³/mol. The Balaban J connectivity index is 1.32. The summed E-state index contributed by atoms with van der Waals surface area (Å²) in [7, 11) is 2.12. The minimum Gasteiger partial charge on any atom is -0.359 e. The molecular formula is C19H23N7O2. The van der Waals surface area contributed by atoms with Crippen molar-refractivity contribution in [2.24, 2.45) is 0 Å². The molecule has 9 heteroatoms. The number of piperazine rings is 1. The number of nitrogens with one attached hydrogen (secondary N) is 1. The summed E-state index contributed by atoms with van der Waals surface area (Å²) in [4.78, 5) is 17.0. The molecule has 2 aromatic heterocycles. The second-order valence-electron chi connectivity index (χ2n) is 7.00. The van der Waals surface area contributed by atoms with Crippen LogP contribution in [-0.2, 0) is 13.1 Å². The smallest absolute Gasteiger partial charge is 0.279 e. The van der Waals surface area contributed by atoms with Gasteiger partial charge in [0.2, 0.25) is 0 Å². The zero-order valence-corrected chi connectivity index (χ0v) is 15.8.